The molecule has 0 saturated carbocycles. The maximum absolute atomic E-state index is 11.8. The summed E-state index contributed by atoms with van der Waals surface area (Å²) >= 11 is 0. The van der Waals surface area contributed by atoms with E-state index in [4.69, 9.17) is 4.74 Å². The molecule has 0 saturated heterocycles. The summed E-state index contributed by atoms with van der Waals surface area (Å²) in [7, 11) is -0.257. The van der Waals surface area contributed by atoms with Crippen LogP contribution in [-0.4, -0.2) is 18.3 Å². The Balaban J connectivity index is 2.26. The van der Waals surface area contributed by atoms with Gasteiger partial charge in [0.1, 0.15) is 0 Å². The lowest BCUT2D eigenvalue weighted by atomic mass is 10.4. The molecule has 3 heteroatoms. The molecule has 2 aromatic rings. The van der Waals surface area contributed by atoms with E-state index in [0.717, 1.165) is 0 Å². The normalized spacial score (nSPS) is 10.4. The molecule has 98 valence electrons. The number of carbonyl (C=O) groups is 1. The van der Waals surface area contributed by atoms with Crippen LogP contribution in [0.4, 0.5) is 0 Å². The molecular weight excluding hydrogens is 256 g/mol. The Morgan fingerprint density at radius 3 is 1.84 bits per heavy atom. The van der Waals surface area contributed by atoms with Gasteiger partial charge in [0, 0.05) is 0 Å². The van der Waals surface area contributed by atoms with E-state index in [-0.39, 0.29) is 16.9 Å². The van der Waals surface area contributed by atoms with Gasteiger partial charge in [-0.25, -0.2) is 4.79 Å². The summed E-state index contributed by atoms with van der Waals surface area (Å²) in [6, 6.07) is 20.2. The van der Waals surface area contributed by atoms with Crippen molar-refractivity contribution in [2.24, 2.45) is 0 Å². The number of esters is 1. The first kappa shape index (κ1) is 13.7. The maximum Gasteiger partial charge on any atom is 0.357 e. The van der Waals surface area contributed by atoms with Crippen LogP contribution >= 0.6 is 0 Å². The molecule has 0 fully saturated rings. The van der Waals surface area contributed by atoms with E-state index in [9.17, 15) is 4.79 Å². The van der Waals surface area contributed by atoms with E-state index >= 15 is 0 Å². The van der Waals surface area contributed by atoms with Crippen LogP contribution in [0.1, 0.15) is 6.92 Å². The lowest BCUT2D eigenvalue weighted by molar-refractivity contribution is -0.139. The zero-order chi connectivity index (χ0) is 13.5. The number of ether oxygens (including phenoxy) is 1. The molecule has 0 amide bonds. The molecule has 2 rings (SSSR count). The highest BCUT2D eigenvalue weighted by atomic mass is 32.2. The van der Waals surface area contributed by atoms with E-state index in [1.165, 1.54) is 9.79 Å². The monoisotopic (exact) mass is 273 g/mol. The van der Waals surface area contributed by atoms with Crippen molar-refractivity contribution in [1.82, 2.24) is 0 Å². The van der Waals surface area contributed by atoms with Crippen LogP contribution < -0.4 is 0 Å². The molecule has 2 nitrogen and oxygen atoms in total. The van der Waals surface area contributed by atoms with E-state index in [2.05, 4.69) is 24.3 Å². The van der Waals surface area contributed by atoms with Gasteiger partial charge < -0.3 is 4.74 Å². The van der Waals surface area contributed by atoms with E-state index in [1.54, 1.807) is 0 Å². The van der Waals surface area contributed by atoms with Gasteiger partial charge in [-0.05, 0) is 31.2 Å². The van der Waals surface area contributed by atoms with Gasteiger partial charge in [-0.3, -0.25) is 0 Å². The van der Waals surface area contributed by atoms with Gasteiger partial charge >= 0.3 is 5.97 Å². The highest BCUT2D eigenvalue weighted by Crippen LogP contribution is 2.23. The predicted octanol–water partition coefficient (Wildman–Crippen LogP) is 3.29. The van der Waals surface area contributed by atoms with Gasteiger partial charge in [-0.15, -0.1) is 0 Å². The Morgan fingerprint density at radius 2 is 1.42 bits per heavy atom. The first-order valence-corrected chi connectivity index (χ1v) is 7.67. The standard InChI is InChI=1S/C16H17O2S/c1-2-18-16(17)13-19(14-9-5-3-6-10-14)15-11-7-4-8-12-15/h3-12H,2,13H2,1H3/q+1. The van der Waals surface area contributed by atoms with Crippen molar-refractivity contribution in [1.29, 1.82) is 0 Å². The van der Waals surface area contributed by atoms with Gasteiger partial charge in [0.05, 0.1) is 17.5 Å². The van der Waals surface area contributed by atoms with E-state index < -0.39 is 0 Å². The molecule has 2 aromatic carbocycles. The minimum Gasteiger partial charge on any atom is -0.462 e. The number of hydrogen-bond donors (Lipinski definition) is 0. The van der Waals surface area contributed by atoms with Crippen LogP contribution in [0.2, 0.25) is 0 Å². The molecule has 0 unspecified atom stereocenters. The summed E-state index contributed by atoms with van der Waals surface area (Å²) in [4.78, 5) is 14.1. The fourth-order valence-electron chi connectivity index (χ4n) is 1.79. The Kier molecular flexibility index (Phi) is 5.04. The van der Waals surface area contributed by atoms with Crippen LogP contribution in [0.15, 0.2) is 70.5 Å². The number of hydrogen-bond acceptors (Lipinski definition) is 2. The summed E-state index contributed by atoms with van der Waals surface area (Å²) in [5.41, 5.74) is 0. The Bertz CT molecular complexity index is 471. The quantitative estimate of drug-likeness (QED) is 0.617. The third-order valence-corrected chi connectivity index (χ3v) is 4.83. The molecule has 0 heterocycles. The fourth-order valence-corrected chi connectivity index (χ4v) is 3.69. The van der Waals surface area contributed by atoms with Gasteiger partial charge in [0.25, 0.3) is 0 Å². The zero-order valence-corrected chi connectivity index (χ0v) is 11.7. The van der Waals surface area contributed by atoms with E-state index in [0.29, 0.717) is 12.4 Å². The summed E-state index contributed by atoms with van der Waals surface area (Å²) < 4.78 is 5.08. The number of rotatable bonds is 5. The van der Waals surface area contributed by atoms with Gasteiger partial charge in [-0.1, -0.05) is 36.4 Å². The first-order chi connectivity index (χ1) is 9.31. The molecule has 0 atom stereocenters. The summed E-state index contributed by atoms with van der Waals surface area (Å²) in [5.74, 6) is 0.264. The van der Waals surface area contributed by atoms with Crippen molar-refractivity contribution in [3.8, 4) is 0 Å². The average molecular weight is 273 g/mol. The van der Waals surface area contributed by atoms with Crippen molar-refractivity contribution in [2.45, 2.75) is 16.7 Å². The molecule has 0 aromatic heterocycles. The topological polar surface area (TPSA) is 26.3 Å². The second kappa shape index (κ2) is 7.00. The van der Waals surface area contributed by atoms with Crippen molar-refractivity contribution in [3.63, 3.8) is 0 Å². The van der Waals surface area contributed by atoms with Crippen LogP contribution in [0.25, 0.3) is 0 Å². The van der Waals surface area contributed by atoms with Crippen LogP contribution in [0.5, 0.6) is 0 Å². The molecule has 0 spiro atoms. The first-order valence-electron chi connectivity index (χ1n) is 6.28. The molecule has 0 aliphatic carbocycles. The third kappa shape index (κ3) is 3.86. The molecule has 0 N–H and O–H groups in total. The Morgan fingerprint density at radius 1 is 0.947 bits per heavy atom. The molecule has 0 aliphatic heterocycles. The van der Waals surface area contributed by atoms with Gasteiger partial charge in [0.15, 0.2) is 9.79 Å². The minimum atomic E-state index is -0.257. The van der Waals surface area contributed by atoms with Crippen molar-refractivity contribution in [3.05, 3.63) is 60.7 Å². The summed E-state index contributed by atoms with van der Waals surface area (Å²) in [6.07, 6.45) is 0. The number of benzene rings is 2. The molecule has 0 radical (unpaired) electrons. The predicted molar refractivity (Wildman–Crippen MR) is 78.3 cm³/mol. The van der Waals surface area contributed by atoms with Crippen LogP contribution in [0, 0.1) is 0 Å². The Hall–Kier alpha value is -1.74. The fraction of sp³-hybridized carbons (Fsp3) is 0.188. The highest BCUT2D eigenvalue weighted by molar-refractivity contribution is 7.97. The van der Waals surface area contributed by atoms with Crippen molar-refractivity contribution >= 4 is 16.9 Å². The average Bonchev–Trinajstić information content (AvgIpc) is 2.47. The minimum absolute atomic E-state index is 0.140. The van der Waals surface area contributed by atoms with Crippen LogP contribution in [0.3, 0.4) is 0 Å². The maximum atomic E-state index is 11.8. The lowest BCUT2D eigenvalue weighted by Crippen LogP contribution is -2.19. The SMILES string of the molecule is CCOC(=O)C[S+](c1ccccc1)c1ccccc1. The second-order valence-electron chi connectivity index (χ2n) is 3.97. The molecular formula is C16H17O2S+. The largest absolute Gasteiger partial charge is 0.462 e. The summed E-state index contributed by atoms with van der Waals surface area (Å²) in [5, 5.41) is 0. The molecule has 0 aliphatic rings. The van der Waals surface area contributed by atoms with Gasteiger partial charge in [-0.2, -0.15) is 0 Å². The van der Waals surface area contributed by atoms with Crippen molar-refractivity contribution in [2.75, 3.05) is 12.4 Å². The zero-order valence-electron chi connectivity index (χ0n) is 10.9. The summed E-state index contributed by atoms with van der Waals surface area (Å²) in [6.45, 7) is 2.26. The second-order valence-corrected chi connectivity index (χ2v) is 5.98. The smallest absolute Gasteiger partial charge is 0.357 e. The Labute approximate surface area is 116 Å². The van der Waals surface area contributed by atoms with Crippen LogP contribution in [-0.2, 0) is 20.4 Å². The van der Waals surface area contributed by atoms with Crippen molar-refractivity contribution < 1.29 is 9.53 Å². The molecule has 19 heavy (non-hydrogen) atoms. The van der Waals surface area contributed by atoms with E-state index in [1.807, 2.05) is 43.3 Å². The molecule has 0 bridgehead atoms. The third-order valence-electron chi connectivity index (χ3n) is 2.62. The lowest BCUT2D eigenvalue weighted by Gasteiger charge is -2.07. The highest BCUT2D eigenvalue weighted by Gasteiger charge is 2.28. The van der Waals surface area contributed by atoms with Gasteiger partial charge in [0.2, 0.25) is 5.75 Å². The number of carbonyl (C=O) groups excluding carboxylic acids is 1.